The van der Waals surface area contributed by atoms with Gasteiger partial charge in [0.25, 0.3) is 0 Å². The Hall–Kier alpha value is -2.21. The lowest BCUT2D eigenvalue weighted by molar-refractivity contribution is 0.301. The summed E-state index contributed by atoms with van der Waals surface area (Å²) in [4.78, 5) is 12.7. The van der Waals surface area contributed by atoms with Gasteiger partial charge in [-0.2, -0.15) is 0 Å². The lowest BCUT2D eigenvalue weighted by atomic mass is 9.75. The van der Waals surface area contributed by atoms with E-state index in [0.717, 1.165) is 36.1 Å². The van der Waals surface area contributed by atoms with Crippen molar-refractivity contribution in [2.24, 2.45) is 5.92 Å². The fraction of sp³-hybridized carbons (Fsp3) is 0.478. The van der Waals surface area contributed by atoms with Crippen molar-refractivity contribution in [3.8, 4) is 0 Å². The van der Waals surface area contributed by atoms with Gasteiger partial charge in [0.05, 0.1) is 10.1 Å². The summed E-state index contributed by atoms with van der Waals surface area (Å²) in [5.74, 6) is 1.00. The van der Waals surface area contributed by atoms with Crippen LogP contribution >= 0.6 is 0 Å². The van der Waals surface area contributed by atoms with Crippen LogP contribution in [-0.2, 0) is 16.3 Å². The second kappa shape index (κ2) is 7.56. The number of sulfone groups is 1. The average Bonchev–Trinajstić information content (AvgIpc) is 3.54. The van der Waals surface area contributed by atoms with Crippen molar-refractivity contribution in [2.75, 3.05) is 0 Å². The SMILES string of the molecule is O=S(=O)(c1ccc(C(Cc2cc3nccnc3[nH]2)C2CCCCC2)cc1)C1CC1. The average molecular weight is 410 g/mol. The van der Waals surface area contributed by atoms with Gasteiger partial charge in [-0.25, -0.2) is 13.4 Å². The van der Waals surface area contributed by atoms with E-state index in [0.29, 0.717) is 16.7 Å². The Balaban J connectivity index is 1.45. The monoisotopic (exact) mass is 409 g/mol. The number of aromatic amines is 1. The van der Waals surface area contributed by atoms with E-state index in [1.807, 2.05) is 24.3 Å². The minimum Gasteiger partial charge on any atom is -0.342 e. The highest BCUT2D eigenvalue weighted by Gasteiger charge is 2.37. The molecule has 3 aromatic rings. The van der Waals surface area contributed by atoms with E-state index in [2.05, 4.69) is 21.0 Å². The van der Waals surface area contributed by atoms with Gasteiger partial charge in [0.1, 0.15) is 5.52 Å². The maximum atomic E-state index is 12.5. The van der Waals surface area contributed by atoms with Crippen molar-refractivity contribution in [1.29, 1.82) is 0 Å². The molecule has 0 bridgehead atoms. The Morgan fingerprint density at radius 2 is 1.69 bits per heavy atom. The van der Waals surface area contributed by atoms with Crippen molar-refractivity contribution in [1.82, 2.24) is 15.0 Å². The Kier molecular flexibility index (Phi) is 4.90. The minimum atomic E-state index is -3.13. The van der Waals surface area contributed by atoms with Crippen LogP contribution in [0.15, 0.2) is 47.6 Å². The molecule has 2 saturated carbocycles. The van der Waals surface area contributed by atoms with Gasteiger partial charge < -0.3 is 4.98 Å². The quantitative estimate of drug-likeness (QED) is 0.634. The highest BCUT2D eigenvalue weighted by molar-refractivity contribution is 7.92. The number of nitrogens with zero attached hydrogens (tertiary/aromatic N) is 2. The predicted molar refractivity (Wildman–Crippen MR) is 114 cm³/mol. The van der Waals surface area contributed by atoms with Crippen LogP contribution in [0.3, 0.4) is 0 Å². The summed E-state index contributed by atoms with van der Waals surface area (Å²) in [7, 11) is -3.13. The molecule has 2 aliphatic carbocycles. The first kappa shape index (κ1) is 18.8. The van der Waals surface area contributed by atoms with E-state index < -0.39 is 9.84 Å². The fourth-order valence-electron chi connectivity index (χ4n) is 4.82. The molecular formula is C23H27N3O2S. The smallest absolute Gasteiger partial charge is 0.181 e. The van der Waals surface area contributed by atoms with Gasteiger partial charge in [-0.15, -0.1) is 0 Å². The number of H-pyrrole nitrogens is 1. The van der Waals surface area contributed by atoms with Crippen LogP contribution in [0.2, 0.25) is 0 Å². The number of nitrogens with one attached hydrogen (secondary N) is 1. The van der Waals surface area contributed by atoms with Gasteiger partial charge >= 0.3 is 0 Å². The van der Waals surface area contributed by atoms with Crippen LogP contribution in [0.25, 0.3) is 11.2 Å². The van der Waals surface area contributed by atoms with Gasteiger partial charge in [0.15, 0.2) is 15.5 Å². The van der Waals surface area contributed by atoms with Crippen LogP contribution in [0, 0.1) is 5.92 Å². The molecule has 1 aromatic carbocycles. The molecule has 0 amide bonds. The van der Waals surface area contributed by atoms with Crippen molar-refractivity contribution in [3.63, 3.8) is 0 Å². The molecule has 29 heavy (non-hydrogen) atoms. The highest BCUT2D eigenvalue weighted by Crippen LogP contribution is 2.39. The summed E-state index contributed by atoms with van der Waals surface area (Å²) in [6.07, 6.45) is 12.3. The normalized spacial score (nSPS) is 19.4. The van der Waals surface area contributed by atoms with Crippen LogP contribution in [0.1, 0.15) is 62.1 Å². The lowest BCUT2D eigenvalue weighted by Crippen LogP contribution is -2.19. The van der Waals surface area contributed by atoms with Crippen LogP contribution in [0.5, 0.6) is 0 Å². The molecule has 0 radical (unpaired) electrons. The van der Waals surface area contributed by atoms with Crippen LogP contribution in [0.4, 0.5) is 0 Å². The summed E-state index contributed by atoms with van der Waals surface area (Å²) in [6, 6.07) is 9.85. The summed E-state index contributed by atoms with van der Waals surface area (Å²) in [6.45, 7) is 0. The molecule has 2 fully saturated rings. The van der Waals surface area contributed by atoms with E-state index in [1.54, 1.807) is 12.4 Å². The predicted octanol–water partition coefficient (Wildman–Crippen LogP) is 4.80. The molecule has 1 N–H and O–H groups in total. The van der Waals surface area contributed by atoms with Gasteiger partial charge in [-0.3, -0.25) is 4.98 Å². The first-order valence-corrected chi connectivity index (χ1v) is 12.3. The molecule has 5 rings (SSSR count). The van der Waals surface area contributed by atoms with Gasteiger partial charge in [0, 0.05) is 18.1 Å². The van der Waals surface area contributed by atoms with Gasteiger partial charge in [0.2, 0.25) is 0 Å². The number of fused-ring (bicyclic) bond motifs is 1. The molecule has 6 heteroatoms. The van der Waals surface area contributed by atoms with E-state index in [9.17, 15) is 8.42 Å². The molecule has 152 valence electrons. The molecule has 0 spiro atoms. The molecule has 1 unspecified atom stereocenters. The van der Waals surface area contributed by atoms with Crippen molar-refractivity contribution >= 4 is 21.0 Å². The van der Waals surface area contributed by atoms with E-state index in [-0.39, 0.29) is 5.25 Å². The maximum Gasteiger partial charge on any atom is 0.181 e. The number of benzene rings is 1. The third kappa shape index (κ3) is 3.82. The van der Waals surface area contributed by atoms with Crippen LogP contribution in [-0.4, -0.2) is 28.6 Å². The summed E-state index contributed by atoms with van der Waals surface area (Å²) in [5, 5.41) is -0.158. The Morgan fingerprint density at radius 1 is 0.966 bits per heavy atom. The topological polar surface area (TPSA) is 75.7 Å². The number of hydrogen-bond donors (Lipinski definition) is 1. The van der Waals surface area contributed by atoms with Crippen molar-refractivity contribution < 1.29 is 8.42 Å². The Bertz CT molecular complexity index is 1060. The van der Waals surface area contributed by atoms with Crippen molar-refractivity contribution in [3.05, 3.63) is 54.0 Å². The van der Waals surface area contributed by atoms with Gasteiger partial charge in [-0.1, -0.05) is 31.4 Å². The van der Waals surface area contributed by atoms with Crippen LogP contribution < -0.4 is 0 Å². The van der Waals surface area contributed by atoms with Gasteiger partial charge in [-0.05, 0) is 67.7 Å². The highest BCUT2D eigenvalue weighted by atomic mass is 32.2. The van der Waals surface area contributed by atoms with Crippen molar-refractivity contribution in [2.45, 2.75) is 67.4 Å². The third-order valence-electron chi connectivity index (χ3n) is 6.58. The number of hydrogen-bond acceptors (Lipinski definition) is 4. The lowest BCUT2D eigenvalue weighted by Gasteiger charge is -2.30. The molecule has 2 aliphatic rings. The Morgan fingerprint density at radius 3 is 2.38 bits per heavy atom. The standard InChI is InChI=1S/C23H27N3O2S/c27-29(28,20-10-11-20)19-8-6-17(7-9-19)21(16-4-2-1-3-5-16)14-18-15-22-23(26-18)25-13-12-24-22/h6-9,12-13,15-16,20-21H,1-5,10-11,14H2,(H,25,26). The maximum absolute atomic E-state index is 12.5. The third-order valence-corrected chi connectivity index (χ3v) is 8.85. The fourth-order valence-corrected chi connectivity index (χ4v) is 6.48. The molecule has 0 saturated heterocycles. The second-order valence-corrected chi connectivity index (χ2v) is 10.8. The zero-order valence-electron chi connectivity index (χ0n) is 16.5. The Labute approximate surface area is 171 Å². The number of aromatic nitrogens is 3. The molecular weight excluding hydrogens is 382 g/mol. The van der Waals surface area contributed by atoms with E-state index in [4.69, 9.17) is 0 Å². The summed E-state index contributed by atoms with van der Waals surface area (Å²) >= 11 is 0. The summed E-state index contributed by atoms with van der Waals surface area (Å²) < 4.78 is 25.1. The number of rotatable bonds is 6. The second-order valence-electron chi connectivity index (χ2n) is 8.61. The first-order chi connectivity index (χ1) is 14.1. The molecule has 0 aliphatic heterocycles. The van der Waals surface area contributed by atoms with E-state index in [1.165, 1.54) is 37.7 Å². The molecule has 2 heterocycles. The molecule has 5 nitrogen and oxygen atoms in total. The zero-order chi connectivity index (χ0) is 19.8. The molecule has 1 atom stereocenters. The largest absolute Gasteiger partial charge is 0.342 e. The summed E-state index contributed by atoms with van der Waals surface area (Å²) in [5.41, 5.74) is 4.12. The molecule has 2 aromatic heterocycles. The zero-order valence-corrected chi connectivity index (χ0v) is 17.4. The first-order valence-electron chi connectivity index (χ1n) is 10.7. The minimum absolute atomic E-state index is 0.158. The van der Waals surface area contributed by atoms with E-state index >= 15 is 0 Å².